The highest BCUT2D eigenvalue weighted by Crippen LogP contribution is 2.23. The van der Waals surface area contributed by atoms with E-state index in [4.69, 9.17) is 0 Å². The fourth-order valence-electron chi connectivity index (χ4n) is 2.31. The van der Waals surface area contributed by atoms with Gasteiger partial charge in [-0.3, -0.25) is 10.1 Å². The van der Waals surface area contributed by atoms with E-state index in [2.05, 4.69) is 16.0 Å². The molecule has 0 saturated carbocycles. The molecule has 0 spiro atoms. The maximum atomic E-state index is 11.0. The van der Waals surface area contributed by atoms with Crippen molar-refractivity contribution in [2.45, 2.75) is 6.92 Å². The Morgan fingerprint density at radius 2 is 2.13 bits per heavy atom. The van der Waals surface area contributed by atoms with E-state index in [-0.39, 0.29) is 5.69 Å². The topological polar surface area (TPSA) is 95.6 Å². The minimum absolute atomic E-state index is 0.0284. The van der Waals surface area contributed by atoms with E-state index in [1.165, 1.54) is 6.07 Å². The number of hydrogen-bond donors (Lipinski definition) is 1. The summed E-state index contributed by atoms with van der Waals surface area (Å²) in [5.41, 5.74) is 3.10. The first-order chi connectivity index (χ1) is 11.1. The largest absolute Gasteiger partial charge is 0.337 e. The molecular weight excluding hydrogens is 292 g/mol. The second-order valence-corrected chi connectivity index (χ2v) is 5.08. The number of nitrogens with one attached hydrogen (secondary N) is 1. The van der Waals surface area contributed by atoms with Gasteiger partial charge in [0.05, 0.1) is 21.5 Å². The lowest BCUT2D eigenvalue weighted by atomic mass is 10.1. The zero-order valence-electron chi connectivity index (χ0n) is 12.3. The molecular formula is C17H12N4O2. The normalized spacial score (nSPS) is 11.4. The highest BCUT2D eigenvalue weighted by atomic mass is 16.6. The minimum atomic E-state index is -0.431. The van der Waals surface area contributed by atoms with Crippen molar-refractivity contribution in [2.75, 3.05) is 0 Å². The summed E-state index contributed by atoms with van der Waals surface area (Å²) >= 11 is 0. The van der Waals surface area contributed by atoms with E-state index in [1.54, 1.807) is 25.1 Å². The Morgan fingerprint density at radius 3 is 2.83 bits per heavy atom. The van der Waals surface area contributed by atoms with Gasteiger partial charge >= 0.3 is 0 Å². The summed E-state index contributed by atoms with van der Waals surface area (Å²) in [5.74, 6) is 0.442. The number of para-hydroxylation sites is 2. The van der Waals surface area contributed by atoms with Crippen molar-refractivity contribution in [2.24, 2.45) is 0 Å². The van der Waals surface area contributed by atoms with Crippen molar-refractivity contribution in [3.8, 4) is 6.07 Å². The third kappa shape index (κ3) is 2.80. The average molecular weight is 304 g/mol. The number of fused-ring (bicyclic) bond motifs is 1. The first-order valence-electron chi connectivity index (χ1n) is 6.90. The number of rotatable bonds is 3. The Hall–Kier alpha value is -3.46. The van der Waals surface area contributed by atoms with Gasteiger partial charge in [0, 0.05) is 11.6 Å². The van der Waals surface area contributed by atoms with Gasteiger partial charge in [0.15, 0.2) is 0 Å². The Bertz CT molecular complexity index is 947. The molecule has 0 saturated heterocycles. The van der Waals surface area contributed by atoms with Gasteiger partial charge in [0.25, 0.3) is 5.69 Å². The predicted molar refractivity (Wildman–Crippen MR) is 87.4 cm³/mol. The predicted octanol–water partition coefficient (Wildman–Crippen LogP) is 3.84. The van der Waals surface area contributed by atoms with Crippen LogP contribution in [0.2, 0.25) is 0 Å². The standard InChI is InChI=1S/C17H12N4O2/c1-11-6-7-12(9-16(11)21(22)23)8-13(10-18)17-19-14-4-2-3-5-15(14)20-17/h2-9H,1H3,(H,19,20). The van der Waals surface area contributed by atoms with Gasteiger partial charge in [-0.2, -0.15) is 5.26 Å². The number of H-pyrrole nitrogens is 1. The molecule has 0 radical (unpaired) electrons. The average Bonchev–Trinajstić information content (AvgIpc) is 2.97. The lowest BCUT2D eigenvalue weighted by Gasteiger charge is -1.99. The number of nitrogens with zero attached hydrogens (tertiary/aromatic N) is 3. The van der Waals surface area contributed by atoms with Gasteiger partial charge in [0.2, 0.25) is 0 Å². The fourth-order valence-corrected chi connectivity index (χ4v) is 2.31. The van der Waals surface area contributed by atoms with Gasteiger partial charge in [0.1, 0.15) is 11.9 Å². The molecule has 0 aliphatic heterocycles. The van der Waals surface area contributed by atoms with Gasteiger partial charge in [-0.05, 0) is 30.7 Å². The van der Waals surface area contributed by atoms with E-state index in [9.17, 15) is 15.4 Å². The summed E-state index contributed by atoms with van der Waals surface area (Å²) in [4.78, 5) is 18.0. The van der Waals surface area contributed by atoms with Crippen LogP contribution in [0.5, 0.6) is 0 Å². The third-order valence-corrected chi connectivity index (χ3v) is 3.51. The van der Waals surface area contributed by atoms with E-state index in [0.29, 0.717) is 22.5 Å². The van der Waals surface area contributed by atoms with Crippen LogP contribution in [0.15, 0.2) is 42.5 Å². The number of hydrogen-bond acceptors (Lipinski definition) is 4. The molecule has 0 bridgehead atoms. The van der Waals surface area contributed by atoms with E-state index < -0.39 is 4.92 Å². The summed E-state index contributed by atoms with van der Waals surface area (Å²) in [5, 5.41) is 20.4. The Balaban J connectivity index is 2.07. The SMILES string of the molecule is Cc1ccc(C=C(C#N)c2nc3ccccc3[nH]2)cc1[N+](=O)[O-]. The zero-order valence-corrected chi connectivity index (χ0v) is 12.3. The summed E-state index contributed by atoms with van der Waals surface area (Å²) in [7, 11) is 0. The molecule has 6 nitrogen and oxygen atoms in total. The van der Waals surface area contributed by atoms with E-state index >= 15 is 0 Å². The maximum absolute atomic E-state index is 11.0. The Labute approximate surface area is 131 Å². The monoisotopic (exact) mass is 304 g/mol. The Morgan fingerprint density at radius 1 is 1.35 bits per heavy atom. The lowest BCUT2D eigenvalue weighted by Crippen LogP contribution is -1.92. The maximum Gasteiger partial charge on any atom is 0.272 e. The molecule has 0 fully saturated rings. The van der Waals surface area contributed by atoms with Gasteiger partial charge in [-0.25, -0.2) is 4.98 Å². The number of benzene rings is 2. The molecule has 0 atom stereocenters. The summed E-state index contributed by atoms with van der Waals surface area (Å²) < 4.78 is 0. The number of nitro benzene ring substituents is 1. The van der Waals surface area contributed by atoms with Crippen LogP contribution in [0.3, 0.4) is 0 Å². The molecule has 0 unspecified atom stereocenters. The quantitative estimate of drug-likeness (QED) is 0.451. The number of aromatic nitrogens is 2. The molecule has 0 aliphatic rings. The molecule has 3 aromatic rings. The van der Waals surface area contributed by atoms with Crippen LogP contribution in [0.4, 0.5) is 5.69 Å². The number of imidazole rings is 1. The van der Waals surface area contributed by atoms with Crippen LogP contribution < -0.4 is 0 Å². The van der Waals surface area contributed by atoms with Crippen molar-refractivity contribution in [3.05, 3.63) is 69.5 Å². The number of aryl methyl sites for hydroxylation is 1. The zero-order chi connectivity index (χ0) is 16.4. The first kappa shape index (κ1) is 14.5. The highest BCUT2D eigenvalue weighted by molar-refractivity contribution is 5.90. The molecule has 1 heterocycles. The molecule has 0 amide bonds. The number of nitro groups is 1. The van der Waals surface area contributed by atoms with Crippen molar-refractivity contribution >= 4 is 28.4 Å². The molecule has 23 heavy (non-hydrogen) atoms. The second kappa shape index (κ2) is 5.73. The lowest BCUT2D eigenvalue weighted by molar-refractivity contribution is -0.385. The van der Waals surface area contributed by atoms with Gasteiger partial charge in [-0.15, -0.1) is 0 Å². The smallest absolute Gasteiger partial charge is 0.272 e. The van der Waals surface area contributed by atoms with Gasteiger partial charge < -0.3 is 4.98 Å². The summed E-state index contributed by atoms with van der Waals surface area (Å²) in [6.07, 6.45) is 1.59. The number of allylic oxidation sites excluding steroid dienone is 1. The van der Waals surface area contributed by atoms with Crippen LogP contribution in [-0.2, 0) is 0 Å². The molecule has 1 aromatic heterocycles. The van der Waals surface area contributed by atoms with Crippen LogP contribution in [0.1, 0.15) is 17.0 Å². The van der Waals surface area contributed by atoms with Crippen LogP contribution in [0, 0.1) is 28.4 Å². The van der Waals surface area contributed by atoms with Gasteiger partial charge in [-0.1, -0.05) is 24.3 Å². The first-order valence-corrected chi connectivity index (χ1v) is 6.90. The molecule has 6 heteroatoms. The molecule has 0 aliphatic carbocycles. The molecule has 2 aromatic carbocycles. The Kier molecular flexibility index (Phi) is 3.61. The van der Waals surface area contributed by atoms with Crippen LogP contribution in [-0.4, -0.2) is 14.9 Å². The summed E-state index contributed by atoms with van der Waals surface area (Å²) in [6.45, 7) is 1.68. The molecule has 3 rings (SSSR count). The van der Waals surface area contributed by atoms with Crippen LogP contribution in [0.25, 0.3) is 22.7 Å². The minimum Gasteiger partial charge on any atom is -0.337 e. The highest BCUT2D eigenvalue weighted by Gasteiger charge is 2.12. The van der Waals surface area contributed by atoms with E-state index in [0.717, 1.165) is 11.0 Å². The number of nitriles is 1. The van der Waals surface area contributed by atoms with E-state index in [1.807, 2.05) is 24.3 Å². The van der Waals surface area contributed by atoms with Crippen LogP contribution >= 0.6 is 0 Å². The van der Waals surface area contributed by atoms with Crippen molar-refractivity contribution in [1.29, 1.82) is 5.26 Å². The fraction of sp³-hybridized carbons (Fsp3) is 0.0588. The number of aromatic amines is 1. The third-order valence-electron chi connectivity index (χ3n) is 3.51. The second-order valence-electron chi connectivity index (χ2n) is 5.08. The van der Waals surface area contributed by atoms with Crippen molar-refractivity contribution in [3.63, 3.8) is 0 Å². The van der Waals surface area contributed by atoms with Crippen molar-refractivity contribution in [1.82, 2.24) is 9.97 Å². The summed E-state index contributed by atoms with van der Waals surface area (Å²) in [6, 6.07) is 14.4. The molecule has 1 N–H and O–H groups in total. The van der Waals surface area contributed by atoms with Crippen molar-refractivity contribution < 1.29 is 4.92 Å². The molecule has 112 valence electrons.